The Morgan fingerprint density at radius 1 is 1.00 bits per heavy atom. The normalized spacial score (nSPS) is 11.0. The van der Waals surface area contributed by atoms with Gasteiger partial charge in [-0.3, -0.25) is 4.79 Å². The van der Waals surface area contributed by atoms with E-state index in [2.05, 4.69) is 16.0 Å². The molecule has 7 heteroatoms. The number of hydrogen-bond acceptors (Lipinski definition) is 6. The summed E-state index contributed by atoms with van der Waals surface area (Å²) in [5, 5.41) is 8.82. The van der Waals surface area contributed by atoms with E-state index in [4.69, 9.17) is 5.26 Å². The lowest BCUT2D eigenvalue weighted by Gasteiger charge is -2.05. The predicted octanol–water partition coefficient (Wildman–Crippen LogP) is 2.77. The molecule has 0 fully saturated rings. The molecule has 3 aromatic rings. The van der Waals surface area contributed by atoms with Gasteiger partial charge in [-0.05, 0) is 36.2 Å². The molecule has 28 heavy (non-hydrogen) atoms. The lowest BCUT2D eigenvalue weighted by Crippen LogP contribution is -2.07. The smallest absolute Gasteiger partial charge is 0.196 e. The van der Waals surface area contributed by atoms with Crippen LogP contribution in [0.2, 0.25) is 0 Å². The Morgan fingerprint density at radius 3 is 2.29 bits per heavy atom. The summed E-state index contributed by atoms with van der Waals surface area (Å²) in [4.78, 5) is 21.2. The highest BCUT2D eigenvalue weighted by Gasteiger charge is 2.14. The first-order chi connectivity index (χ1) is 13.4. The second kappa shape index (κ2) is 8.11. The van der Waals surface area contributed by atoms with Crippen LogP contribution < -0.4 is 0 Å². The van der Waals surface area contributed by atoms with Crippen molar-refractivity contribution >= 4 is 15.6 Å². The van der Waals surface area contributed by atoms with Crippen LogP contribution in [0.3, 0.4) is 0 Å². The summed E-state index contributed by atoms with van der Waals surface area (Å²) in [7, 11) is -3.39. The van der Waals surface area contributed by atoms with Gasteiger partial charge in [0.2, 0.25) is 0 Å². The van der Waals surface area contributed by atoms with Gasteiger partial charge in [-0.2, -0.15) is 5.26 Å². The first kappa shape index (κ1) is 19.4. The average molecular weight is 391 g/mol. The summed E-state index contributed by atoms with van der Waals surface area (Å²) >= 11 is 0. The van der Waals surface area contributed by atoms with Crippen LogP contribution >= 0.6 is 0 Å². The fourth-order valence-corrected chi connectivity index (χ4v) is 3.30. The molecule has 0 saturated carbocycles. The van der Waals surface area contributed by atoms with Crippen molar-refractivity contribution in [2.45, 2.75) is 17.7 Å². The molecule has 2 aromatic carbocycles. The van der Waals surface area contributed by atoms with Crippen molar-refractivity contribution in [2.24, 2.45) is 0 Å². The van der Waals surface area contributed by atoms with Gasteiger partial charge in [-0.1, -0.05) is 24.3 Å². The number of sulfone groups is 1. The lowest BCUT2D eigenvalue weighted by molar-refractivity contribution is 0.103. The third-order valence-corrected chi connectivity index (χ3v) is 5.32. The van der Waals surface area contributed by atoms with Gasteiger partial charge in [-0.15, -0.1) is 0 Å². The van der Waals surface area contributed by atoms with Crippen LogP contribution in [0.1, 0.15) is 32.9 Å². The molecule has 140 valence electrons. The minimum absolute atomic E-state index is 0.0957. The Hall–Kier alpha value is -3.37. The van der Waals surface area contributed by atoms with Crippen molar-refractivity contribution in [3.63, 3.8) is 0 Å². The van der Waals surface area contributed by atoms with Gasteiger partial charge in [0.05, 0.1) is 22.1 Å². The number of nitrogens with zero attached hydrogens (tertiary/aromatic N) is 3. The number of carbonyl (C=O) groups excluding carboxylic acids is 1. The number of ketones is 1. The molecule has 1 heterocycles. The summed E-state index contributed by atoms with van der Waals surface area (Å²) in [5.41, 5.74) is 2.26. The van der Waals surface area contributed by atoms with Gasteiger partial charge in [0, 0.05) is 30.6 Å². The van der Waals surface area contributed by atoms with Gasteiger partial charge < -0.3 is 0 Å². The van der Waals surface area contributed by atoms with Crippen LogP contribution in [0.4, 0.5) is 0 Å². The Kier molecular flexibility index (Phi) is 5.62. The zero-order valence-electron chi connectivity index (χ0n) is 15.2. The number of aryl methyl sites for hydroxylation is 2. The third kappa shape index (κ3) is 4.67. The van der Waals surface area contributed by atoms with Gasteiger partial charge in [0.1, 0.15) is 5.82 Å². The number of hydrogen-bond donors (Lipinski definition) is 0. The molecule has 0 bridgehead atoms. The molecule has 0 unspecified atom stereocenters. The van der Waals surface area contributed by atoms with E-state index in [0.29, 0.717) is 23.4 Å². The minimum atomic E-state index is -3.39. The zero-order chi connectivity index (χ0) is 20.1. The maximum absolute atomic E-state index is 12.6. The molecule has 0 atom stereocenters. The number of rotatable bonds is 6. The molecule has 0 spiro atoms. The van der Waals surface area contributed by atoms with Crippen molar-refractivity contribution < 1.29 is 13.2 Å². The predicted molar refractivity (Wildman–Crippen MR) is 104 cm³/mol. The van der Waals surface area contributed by atoms with Gasteiger partial charge in [0.25, 0.3) is 0 Å². The standard InChI is InChI=1S/C21H17N3O3S/c1-28(26,27)19-4-2-3-17(11-19)21(25)18-13-23-20(24-14-18)10-9-15-5-7-16(12-22)8-6-15/h2-8,11,13-14H,9-10H2,1H3. The molecule has 1 aromatic heterocycles. The largest absolute Gasteiger partial charge is 0.288 e. The SMILES string of the molecule is CS(=O)(=O)c1cccc(C(=O)c2cnc(CCc3ccc(C#N)cc3)nc2)c1. The highest BCUT2D eigenvalue weighted by atomic mass is 32.2. The zero-order valence-corrected chi connectivity index (χ0v) is 16.0. The Morgan fingerprint density at radius 2 is 1.68 bits per heavy atom. The third-order valence-electron chi connectivity index (χ3n) is 4.21. The summed E-state index contributed by atoms with van der Waals surface area (Å²) in [6.07, 6.45) is 5.33. The van der Waals surface area contributed by atoms with Gasteiger partial charge in [-0.25, -0.2) is 18.4 Å². The molecule has 0 N–H and O–H groups in total. The van der Waals surface area contributed by atoms with Crippen molar-refractivity contribution in [3.05, 3.63) is 89.0 Å². The lowest BCUT2D eigenvalue weighted by atomic mass is 10.1. The highest BCUT2D eigenvalue weighted by Crippen LogP contribution is 2.15. The van der Waals surface area contributed by atoms with Crippen LogP contribution in [0, 0.1) is 11.3 Å². The monoisotopic (exact) mass is 391 g/mol. The summed E-state index contributed by atoms with van der Waals surface area (Å²) < 4.78 is 23.3. The topological polar surface area (TPSA) is 101 Å². The Labute approximate surface area is 163 Å². The maximum Gasteiger partial charge on any atom is 0.196 e. The molecule has 0 aliphatic carbocycles. The van der Waals surface area contributed by atoms with Crippen molar-refractivity contribution in [3.8, 4) is 6.07 Å². The molecule has 3 rings (SSSR count). The quantitative estimate of drug-likeness (QED) is 0.599. The van der Waals surface area contributed by atoms with Crippen LogP contribution in [0.15, 0.2) is 65.8 Å². The number of nitriles is 1. The van der Waals surface area contributed by atoms with Crippen LogP contribution in [0.5, 0.6) is 0 Å². The first-order valence-electron chi connectivity index (χ1n) is 8.51. The maximum atomic E-state index is 12.6. The van der Waals surface area contributed by atoms with E-state index in [1.807, 2.05) is 12.1 Å². The van der Waals surface area contributed by atoms with E-state index >= 15 is 0 Å². The minimum Gasteiger partial charge on any atom is -0.288 e. The van der Waals surface area contributed by atoms with E-state index in [9.17, 15) is 13.2 Å². The van der Waals surface area contributed by atoms with Gasteiger partial charge >= 0.3 is 0 Å². The van der Waals surface area contributed by atoms with Crippen LogP contribution in [-0.2, 0) is 22.7 Å². The molecule has 0 aliphatic rings. The van der Waals surface area contributed by atoms with Crippen LogP contribution in [0.25, 0.3) is 0 Å². The molecule has 0 amide bonds. The Balaban J connectivity index is 1.70. The second-order valence-corrected chi connectivity index (χ2v) is 8.34. The van der Waals surface area contributed by atoms with Crippen molar-refractivity contribution in [1.29, 1.82) is 5.26 Å². The van der Waals surface area contributed by atoms with E-state index in [-0.39, 0.29) is 16.2 Å². The van der Waals surface area contributed by atoms with Crippen LogP contribution in [-0.4, -0.2) is 30.4 Å². The summed E-state index contributed by atoms with van der Waals surface area (Å²) in [5.74, 6) is 0.273. The number of benzene rings is 2. The molecular weight excluding hydrogens is 374 g/mol. The van der Waals surface area contributed by atoms with Crippen molar-refractivity contribution in [1.82, 2.24) is 9.97 Å². The summed E-state index contributed by atoms with van der Waals surface area (Å²) in [6.45, 7) is 0. The van der Waals surface area contributed by atoms with E-state index in [1.54, 1.807) is 18.2 Å². The van der Waals surface area contributed by atoms with Gasteiger partial charge in [0.15, 0.2) is 15.6 Å². The Bertz CT molecular complexity index is 1150. The fourth-order valence-electron chi connectivity index (χ4n) is 2.64. The number of carbonyl (C=O) groups is 1. The second-order valence-electron chi connectivity index (χ2n) is 6.33. The van der Waals surface area contributed by atoms with E-state index < -0.39 is 9.84 Å². The fraction of sp³-hybridized carbons (Fsp3) is 0.143. The highest BCUT2D eigenvalue weighted by molar-refractivity contribution is 7.90. The van der Waals surface area contributed by atoms with E-state index in [1.165, 1.54) is 30.6 Å². The average Bonchev–Trinajstić information content (AvgIpc) is 2.72. The molecular formula is C21H17N3O3S. The number of aromatic nitrogens is 2. The molecule has 0 aliphatic heterocycles. The molecule has 0 saturated heterocycles. The molecule has 0 radical (unpaired) electrons. The molecule has 6 nitrogen and oxygen atoms in total. The van der Waals surface area contributed by atoms with E-state index in [0.717, 1.165) is 18.2 Å². The van der Waals surface area contributed by atoms with Crippen molar-refractivity contribution in [2.75, 3.05) is 6.26 Å². The first-order valence-corrected chi connectivity index (χ1v) is 10.4. The summed E-state index contributed by atoms with van der Waals surface area (Å²) in [6, 6.07) is 15.3.